The minimum Gasteiger partial charge on any atom is -0.463 e. The normalized spacial score (nSPS) is 14.3. The van der Waals surface area contributed by atoms with Crippen molar-refractivity contribution < 1.29 is 9.53 Å². The fourth-order valence-electron chi connectivity index (χ4n) is 2.17. The monoisotopic (exact) mass is 342 g/mol. The summed E-state index contributed by atoms with van der Waals surface area (Å²) in [6, 6.07) is 0. The first-order valence-electron chi connectivity index (χ1n) is 8.95. The van der Waals surface area contributed by atoms with Crippen molar-refractivity contribution in [2.75, 3.05) is 6.61 Å². The summed E-state index contributed by atoms with van der Waals surface area (Å²) in [5.41, 5.74) is 0.938. The van der Waals surface area contributed by atoms with E-state index in [1.165, 1.54) is 12.8 Å². The molecule has 0 heterocycles. The molecule has 0 saturated carbocycles. The van der Waals surface area contributed by atoms with Gasteiger partial charge in [0.25, 0.3) is 0 Å². The van der Waals surface area contributed by atoms with Crippen LogP contribution in [-0.2, 0) is 9.53 Å². The van der Waals surface area contributed by atoms with Crippen LogP contribution in [0.25, 0.3) is 0 Å². The van der Waals surface area contributed by atoms with Gasteiger partial charge in [0, 0.05) is 11.0 Å². The van der Waals surface area contributed by atoms with Crippen molar-refractivity contribution in [2.45, 2.75) is 84.4 Å². The number of unbranched alkanes of at least 4 members (excludes halogenated alkanes) is 3. The van der Waals surface area contributed by atoms with Gasteiger partial charge in [-0.05, 0) is 57.9 Å². The molecule has 0 aromatic rings. The Kier molecular flexibility index (Phi) is 12.2. The second-order valence-corrected chi connectivity index (χ2v) is 8.14. The third-order valence-corrected chi connectivity index (χ3v) is 3.93. The maximum atomic E-state index is 11.6. The third-order valence-electron chi connectivity index (χ3n) is 3.74. The van der Waals surface area contributed by atoms with Crippen molar-refractivity contribution in [1.29, 1.82) is 0 Å². The van der Waals surface area contributed by atoms with Gasteiger partial charge in [-0.2, -0.15) is 0 Å². The molecule has 0 saturated heterocycles. The van der Waals surface area contributed by atoms with Gasteiger partial charge in [-0.1, -0.05) is 45.3 Å². The molecule has 0 spiro atoms. The van der Waals surface area contributed by atoms with Crippen LogP contribution in [0, 0.1) is 5.92 Å². The molecule has 3 heteroatoms. The van der Waals surface area contributed by atoms with Gasteiger partial charge in [0.2, 0.25) is 0 Å². The molecule has 0 aromatic carbocycles. The van der Waals surface area contributed by atoms with Gasteiger partial charge in [-0.3, -0.25) is 0 Å². The van der Waals surface area contributed by atoms with Gasteiger partial charge in [0.15, 0.2) is 0 Å². The summed E-state index contributed by atoms with van der Waals surface area (Å²) >= 11 is 6.21. The number of rotatable bonds is 12. The smallest absolute Gasteiger partial charge is 0.331 e. The summed E-state index contributed by atoms with van der Waals surface area (Å²) in [6.45, 7) is 11.0. The van der Waals surface area contributed by atoms with Crippen molar-refractivity contribution >= 4 is 17.6 Å². The van der Waals surface area contributed by atoms with Crippen LogP contribution in [0.5, 0.6) is 0 Å². The van der Waals surface area contributed by atoms with Gasteiger partial charge in [-0.15, -0.1) is 11.6 Å². The maximum absolute atomic E-state index is 11.6. The molecule has 0 N–H and O–H groups in total. The Bertz CT molecular complexity index is 378. The van der Waals surface area contributed by atoms with Crippen LogP contribution in [-0.4, -0.2) is 17.5 Å². The molecule has 0 aromatic heterocycles. The van der Waals surface area contributed by atoms with Crippen molar-refractivity contribution in [2.24, 2.45) is 5.92 Å². The van der Waals surface area contributed by atoms with Crippen LogP contribution < -0.4 is 0 Å². The first-order valence-corrected chi connectivity index (χ1v) is 9.33. The summed E-state index contributed by atoms with van der Waals surface area (Å²) in [7, 11) is 0. The van der Waals surface area contributed by atoms with E-state index in [2.05, 4.69) is 33.8 Å². The van der Waals surface area contributed by atoms with Gasteiger partial charge in [0.05, 0.1) is 6.61 Å². The topological polar surface area (TPSA) is 26.3 Å². The van der Waals surface area contributed by atoms with E-state index in [9.17, 15) is 4.79 Å². The fraction of sp³-hybridized carbons (Fsp3) is 0.750. The van der Waals surface area contributed by atoms with Crippen LogP contribution in [0.2, 0.25) is 0 Å². The van der Waals surface area contributed by atoms with E-state index in [1.807, 2.05) is 13.0 Å². The average Bonchev–Trinajstić information content (AvgIpc) is 2.44. The molecule has 1 unspecified atom stereocenters. The summed E-state index contributed by atoms with van der Waals surface area (Å²) < 4.78 is 5.20. The lowest BCUT2D eigenvalue weighted by atomic mass is 9.96. The van der Waals surface area contributed by atoms with E-state index in [4.69, 9.17) is 16.3 Å². The number of alkyl halides is 1. The van der Waals surface area contributed by atoms with Crippen molar-refractivity contribution in [3.05, 3.63) is 23.8 Å². The Labute approximate surface area is 148 Å². The Balaban J connectivity index is 3.96. The lowest BCUT2D eigenvalue weighted by molar-refractivity contribution is -0.137. The minimum absolute atomic E-state index is 0.116. The Morgan fingerprint density at radius 3 is 2.57 bits per heavy atom. The highest BCUT2D eigenvalue weighted by molar-refractivity contribution is 6.23. The molecule has 23 heavy (non-hydrogen) atoms. The summed E-state index contributed by atoms with van der Waals surface area (Å²) in [5, 5.41) is 0. The number of halogens is 1. The largest absolute Gasteiger partial charge is 0.463 e. The van der Waals surface area contributed by atoms with Crippen LogP contribution in [0.15, 0.2) is 23.8 Å². The predicted octanol–water partition coefficient (Wildman–Crippen LogP) is 6.44. The third kappa shape index (κ3) is 15.9. The molecule has 0 bridgehead atoms. The van der Waals surface area contributed by atoms with E-state index in [0.29, 0.717) is 12.5 Å². The molecule has 0 aliphatic heterocycles. The maximum Gasteiger partial charge on any atom is 0.331 e. The quantitative estimate of drug-likeness (QED) is 0.134. The van der Waals surface area contributed by atoms with E-state index in [-0.39, 0.29) is 10.8 Å². The highest BCUT2D eigenvalue weighted by atomic mass is 35.5. The lowest BCUT2D eigenvalue weighted by Gasteiger charge is -2.17. The van der Waals surface area contributed by atoms with Gasteiger partial charge in [0.1, 0.15) is 0 Å². The first-order chi connectivity index (χ1) is 10.7. The zero-order chi connectivity index (χ0) is 17.7. The number of allylic oxidation sites excluding steroid dienone is 3. The van der Waals surface area contributed by atoms with E-state index in [1.54, 1.807) is 6.08 Å². The average molecular weight is 343 g/mol. The Hall–Kier alpha value is -0.760. The zero-order valence-electron chi connectivity index (χ0n) is 15.7. The van der Waals surface area contributed by atoms with E-state index >= 15 is 0 Å². The molecular formula is C20H35ClO2. The molecule has 0 amide bonds. The van der Waals surface area contributed by atoms with E-state index in [0.717, 1.165) is 37.7 Å². The van der Waals surface area contributed by atoms with Crippen LogP contribution in [0.3, 0.4) is 0 Å². The summed E-state index contributed by atoms with van der Waals surface area (Å²) in [5.74, 6) is 0.364. The number of carbonyl (C=O) groups is 1. The highest BCUT2D eigenvalue weighted by Gasteiger charge is 2.14. The van der Waals surface area contributed by atoms with Crippen LogP contribution in [0.1, 0.15) is 79.6 Å². The molecule has 0 aliphatic carbocycles. The number of carbonyl (C=O) groups excluding carboxylic acids is 1. The molecule has 0 aliphatic rings. The number of hydrogen-bond donors (Lipinski definition) is 0. The van der Waals surface area contributed by atoms with Crippen LogP contribution in [0.4, 0.5) is 0 Å². The number of ether oxygens (including phenoxy) is 1. The van der Waals surface area contributed by atoms with Crippen LogP contribution >= 0.6 is 11.6 Å². The van der Waals surface area contributed by atoms with Crippen molar-refractivity contribution in [1.82, 2.24) is 0 Å². The van der Waals surface area contributed by atoms with Gasteiger partial charge in [-0.25, -0.2) is 4.79 Å². The molecule has 1 atom stereocenters. The molecule has 0 fully saturated rings. The molecule has 2 nitrogen and oxygen atoms in total. The summed E-state index contributed by atoms with van der Waals surface area (Å²) in [6.07, 6.45) is 13.3. The second-order valence-electron chi connectivity index (χ2n) is 7.12. The highest BCUT2D eigenvalue weighted by Crippen LogP contribution is 2.23. The Morgan fingerprint density at radius 1 is 1.26 bits per heavy atom. The standard InChI is InChI=1S/C20H35ClO2/c1-6-7-8-9-15-23-19(22)16-18(3)12-10-11-17(2)13-14-20(4,5)21/h10,12,16-17H,6-9,11,13-15H2,1-5H3/b12-10+,18-16+. The van der Waals surface area contributed by atoms with Crippen molar-refractivity contribution in [3.63, 3.8) is 0 Å². The second kappa shape index (κ2) is 12.6. The SMILES string of the molecule is CCCCCCOC(=O)/C=C(C)/C=C/CC(C)CCC(C)(C)Cl. The minimum atomic E-state index is -0.236. The zero-order valence-corrected chi connectivity index (χ0v) is 16.4. The summed E-state index contributed by atoms with van der Waals surface area (Å²) in [4.78, 5) is 11.5. The molecule has 0 rings (SSSR count). The molecule has 0 radical (unpaired) electrons. The number of hydrogen-bond acceptors (Lipinski definition) is 2. The molecular weight excluding hydrogens is 308 g/mol. The fourth-order valence-corrected chi connectivity index (χ4v) is 2.28. The number of esters is 1. The Morgan fingerprint density at radius 2 is 1.96 bits per heavy atom. The predicted molar refractivity (Wildman–Crippen MR) is 101 cm³/mol. The molecule has 134 valence electrons. The van der Waals surface area contributed by atoms with Crippen molar-refractivity contribution in [3.8, 4) is 0 Å². The van der Waals surface area contributed by atoms with E-state index < -0.39 is 0 Å². The first kappa shape index (κ1) is 22.2. The van der Waals surface area contributed by atoms with Gasteiger partial charge >= 0.3 is 5.97 Å². The van der Waals surface area contributed by atoms with Gasteiger partial charge < -0.3 is 4.74 Å². The lowest BCUT2D eigenvalue weighted by Crippen LogP contribution is -2.11.